The van der Waals surface area contributed by atoms with E-state index in [1.165, 1.54) is 5.56 Å². The number of rotatable bonds is 5. The summed E-state index contributed by atoms with van der Waals surface area (Å²) in [6.45, 7) is 5.69. The Bertz CT molecular complexity index is 789. The van der Waals surface area contributed by atoms with Gasteiger partial charge in [0.2, 0.25) is 0 Å². The van der Waals surface area contributed by atoms with Crippen molar-refractivity contribution in [1.29, 1.82) is 0 Å². The molecule has 0 bridgehead atoms. The first kappa shape index (κ1) is 18.3. The summed E-state index contributed by atoms with van der Waals surface area (Å²) in [7, 11) is 0. The van der Waals surface area contributed by atoms with E-state index >= 15 is 0 Å². The smallest absolute Gasteiger partial charge is 0.277 e. The first-order valence-corrected chi connectivity index (χ1v) is 8.11. The van der Waals surface area contributed by atoms with Crippen molar-refractivity contribution >= 4 is 34.8 Å². The Kier molecular flexibility index (Phi) is 6.23. The van der Waals surface area contributed by atoms with Crippen molar-refractivity contribution in [2.75, 3.05) is 6.61 Å². The first-order valence-electron chi connectivity index (χ1n) is 7.35. The van der Waals surface area contributed by atoms with Gasteiger partial charge in [0.05, 0.1) is 10.7 Å². The van der Waals surface area contributed by atoms with Gasteiger partial charge < -0.3 is 4.74 Å². The molecule has 0 fully saturated rings. The van der Waals surface area contributed by atoms with Crippen LogP contribution in [-0.2, 0) is 4.79 Å². The van der Waals surface area contributed by atoms with Crippen molar-refractivity contribution < 1.29 is 9.53 Å². The topological polar surface area (TPSA) is 50.7 Å². The molecular weight excluding hydrogens is 347 g/mol. The quantitative estimate of drug-likeness (QED) is 0.625. The predicted molar refractivity (Wildman–Crippen MR) is 98.2 cm³/mol. The third-order valence-electron chi connectivity index (χ3n) is 3.37. The fourth-order valence-corrected chi connectivity index (χ4v) is 2.66. The Morgan fingerprint density at radius 2 is 1.92 bits per heavy atom. The molecule has 0 aliphatic heterocycles. The van der Waals surface area contributed by atoms with E-state index in [-0.39, 0.29) is 12.5 Å². The maximum absolute atomic E-state index is 11.9. The lowest BCUT2D eigenvalue weighted by Crippen LogP contribution is -2.25. The fraction of sp³-hybridized carbons (Fsp3) is 0.222. The van der Waals surface area contributed by atoms with Crippen molar-refractivity contribution in [3.8, 4) is 5.75 Å². The lowest BCUT2D eigenvalue weighted by atomic mass is 10.0. The van der Waals surface area contributed by atoms with Gasteiger partial charge in [-0.2, -0.15) is 5.10 Å². The standard InChI is InChI=1S/C18H18Cl2N2O2/c1-11-4-6-15(12(2)8-11)13(3)21-22-18(23)10-24-17-7-5-14(19)9-16(17)20/h4-9H,10H2,1-3H3,(H,22,23). The molecule has 1 N–H and O–H groups in total. The van der Waals surface area contributed by atoms with Gasteiger partial charge in [-0.25, -0.2) is 5.43 Å². The van der Waals surface area contributed by atoms with Gasteiger partial charge in [0.15, 0.2) is 6.61 Å². The number of carbonyl (C=O) groups excluding carboxylic acids is 1. The molecular formula is C18H18Cl2N2O2. The van der Waals surface area contributed by atoms with E-state index in [0.717, 1.165) is 16.8 Å². The molecule has 0 atom stereocenters. The second kappa shape index (κ2) is 8.18. The van der Waals surface area contributed by atoms with Crippen LogP contribution in [0.4, 0.5) is 0 Å². The van der Waals surface area contributed by atoms with E-state index < -0.39 is 0 Å². The van der Waals surface area contributed by atoms with Crippen LogP contribution in [0.1, 0.15) is 23.6 Å². The number of hydrogen-bond acceptors (Lipinski definition) is 3. The van der Waals surface area contributed by atoms with Crippen LogP contribution in [-0.4, -0.2) is 18.2 Å². The summed E-state index contributed by atoms with van der Waals surface area (Å²) >= 11 is 11.8. The Morgan fingerprint density at radius 3 is 2.58 bits per heavy atom. The molecule has 0 spiro atoms. The van der Waals surface area contributed by atoms with Crippen molar-refractivity contribution in [3.05, 3.63) is 63.1 Å². The molecule has 6 heteroatoms. The van der Waals surface area contributed by atoms with Gasteiger partial charge in [-0.05, 0) is 44.5 Å². The molecule has 2 aromatic carbocycles. The monoisotopic (exact) mass is 364 g/mol. The average molecular weight is 365 g/mol. The summed E-state index contributed by atoms with van der Waals surface area (Å²) in [6, 6.07) is 10.9. The second-order valence-corrected chi connectivity index (χ2v) is 6.26. The Hall–Kier alpha value is -2.04. The highest BCUT2D eigenvalue weighted by Crippen LogP contribution is 2.27. The van der Waals surface area contributed by atoms with Gasteiger partial charge in [-0.1, -0.05) is 47.0 Å². The number of hydrazone groups is 1. The molecule has 0 aromatic heterocycles. The third kappa shape index (κ3) is 4.98. The van der Waals surface area contributed by atoms with Crippen molar-refractivity contribution in [2.45, 2.75) is 20.8 Å². The minimum absolute atomic E-state index is 0.189. The van der Waals surface area contributed by atoms with E-state index in [2.05, 4.69) is 16.6 Å². The van der Waals surface area contributed by atoms with E-state index in [4.69, 9.17) is 27.9 Å². The van der Waals surface area contributed by atoms with E-state index in [1.54, 1.807) is 18.2 Å². The molecule has 2 rings (SSSR count). The normalized spacial score (nSPS) is 11.3. The lowest BCUT2D eigenvalue weighted by molar-refractivity contribution is -0.123. The van der Waals surface area contributed by atoms with Crippen molar-refractivity contribution in [2.24, 2.45) is 5.10 Å². The summed E-state index contributed by atoms with van der Waals surface area (Å²) in [5.74, 6) is 0.0245. The Balaban J connectivity index is 1.94. The number of nitrogens with zero attached hydrogens (tertiary/aromatic N) is 1. The van der Waals surface area contributed by atoms with Crippen LogP contribution in [0, 0.1) is 13.8 Å². The Labute approximate surface area is 151 Å². The second-order valence-electron chi connectivity index (χ2n) is 5.41. The van der Waals surface area contributed by atoms with Gasteiger partial charge in [-0.15, -0.1) is 0 Å². The summed E-state index contributed by atoms with van der Waals surface area (Å²) in [6.07, 6.45) is 0. The number of ether oxygens (including phenoxy) is 1. The van der Waals surface area contributed by atoms with E-state index in [1.807, 2.05) is 32.9 Å². The van der Waals surface area contributed by atoms with Crippen LogP contribution >= 0.6 is 23.2 Å². The molecule has 0 saturated carbocycles. The SMILES string of the molecule is CC(=NNC(=O)COc1ccc(Cl)cc1Cl)c1ccc(C)cc1C. The zero-order chi connectivity index (χ0) is 17.7. The largest absolute Gasteiger partial charge is 0.482 e. The molecule has 0 aliphatic rings. The van der Waals surface area contributed by atoms with E-state index in [0.29, 0.717) is 15.8 Å². The number of carbonyl (C=O) groups is 1. The lowest BCUT2D eigenvalue weighted by Gasteiger charge is -2.09. The van der Waals surface area contributed by atoms with Crippen molar-refractivity contribution in [3.63, 3.8) is 0 Å². The summed E-state index contributed by atoms with van der Waals surface area (Å²) in [5.41, 5.74) is 6.48. The maximum Gasteiger partial charge on any atom is 0.277 e. The van der Waals surface area contributed by atoms with Gasteiger partial charge in [0.1, 0.15) is 5.75 Å². The molecule has 126 valence electrons. The molecule has 0 saturated heterocycles. The number of aryl methyl sites for hydroxylation is 2. The van der Waals surface area contributed by atoms with Crippen LogP contribution in [0.25, 0.3) is 0 Å². The highest BCUT2D eigenvalue weighted by atomic mass is 35.5. The first-order chi connectivity index (χ1) is 11.4. The minimum Gasteiger partial charge on any atom is -0.482 e. The molecule has 4 nitrogen and oxygen atoms in total. The van der Waals surface area contributed by atoms with Gasteiger partial charge in [0, 0.05) is 10.6 Å². The van der Waals surface area contributed by atoms with Gasteiger partial charge >= 0.3 is 0 Å². The molecule has 24 heavy (non-hydrogen) atoms. The zero-order valence-electron chi connectivity index (χ0n) is 13.7. The Morgan fingerprint density at radius 1 is 1.17 bits per heavy atom. The highest BCUT2D eigenvalue weighted by Gasteiger charge is 2.07. The summed E-state index contributed by atoms with van der Waals surface area (Å²) in [5, 5.41) is 4.97. The van der Waals surface area contributed by atoms with Crippen LogP contribution < -0.4 is 10.2 Å². The van der Waals surface area contributed by atoms with Crippen LogP contribution in [0.5, 0.6) is 5.75 Å². The van der Waals surface area contributed by atoms with Crippen LogP contribution in [0.3, 0.4) is 0 Å². The fourth-order valence-electron chi connectivity index (χ4n) is 2.19. The average Bonchev–Trinajstić information content (AvgIpc) is 2.51. The molecule has 1 amide bonds. The van der Waals surface area contributed by atoms with Gasteiger partial charge in [0.25, 0.3) is 5.91 Å². The molecule has 2 aromatic rings. The van der Waals surface area contributed by atoms with Crippen LogP contribution in [0.2, 0.25) is 10.0 Å². The highest BCUT2D eigenvalue weighted by molar-refractivity contribution is 6.35. The number of hydrogen-bond donors (Lipinski definition) is 1. The third-order valence-corrected chi connectivity index (χ3v) is 3.90. The number of amides is 1. The molecule has 0 unspecified atom stereocenters. The van der Waals surface area contributed by atoms with Crippen molar-refractivity contribution in [1.82, 2.24) is 5.43 Å². The number of benzene rings is 2. The van der Waals surface area contributed by atoms with Crippen LogP contribution in [0.15, 0.2) is 41.5 Å². The number of halogens is 2. The molecule has 0 radical (unpaired) electrons. The predicted octanol–water partition coefficient (Wildman–Crippen LogP) is 4.53. The molecule has 0 heterocycles. The van der Waals surface area contributed by atoms with E-state index in [9.17, 15) is 4.79 Å². The zero-order valence-corrected chi connectivity index (χ0v) is 15.2. The summed E-state index contributed by atoms with van der Waals surface area (Å²) in [4.78, 5) is 11.9. The minimum atomic E-state index is -0.370. The summed E-state index contributed by atoms with van der Waals surface area (Å²) < 4.78 is 5.36. The maximum atomic E-state index is 11.9. The van der Waals surface area contributed by atoms with Gasteiger partial charge in [-0.3, -0.25) is 4.79 Å². The molecule has 0 aliphatic carbocycles. The number of nitrogens with one attached hydrogen (secondary N) is 1.